The molecule has 0 saturated carbocycles. The van der Waals surface area contributed by atoms with Crippen molar-refractivity contribution in [3.05, 3.63) is 84.7 Å². The van der Waals surface area contributed by atoms with Crippen LogP contribution in [0, 0.1) is 13.8 Å². The fourth-order valence-corrected chi connectivity index (χ4v) is 4.00. The molecule has 7 nitrogen and oxygen atoms in total. The van der Waals surface area contributed by atoms with E-state index in [1.54, 1.807) is 20.5 Å². The SMILES string of the molecule is COc1cccc(-c2nc3c(Nc4ccc(-n5cnc(C)c5)c(OC)c4)cccn3c2C)c1. The van der Waals surface area contributed by atoms with E-state index < -0.39 is 0 Å². The smallest absolute Gasteiger partial charge is 0.161 e. The maximum atomic E-state index is 5.66. The molecule has 5 rings (SSSR count). The second-order valence-electron chi connectivity index (χ2n) is 7.83. The second-order valence-corrected chi connectivity index (χ2v) is 7.83. The molecule has 0 fully saturated rings. The Labute approximate surface area is 192 Å². The van der Waals surface area contributed by atoms with E-state index in [-0.39, 0.29) is 0 Å². The molecule has 5 aromatic rings. The highest BCUT2D eigenvalue weighted by atomic mass is 16.5. The van der Waals surface area contributed by atoms with Gasteiger partial charge in [0.25, 0.3) is 0 Å². The van der Waals surface area contributed by atoms with Gasteiger partial charge in [-0.2, -0.15) is 0 Å². The average Bonchev–Trinajstić information content (AvgIpc) is 3.43. The molecule has 0 bridgehead atoms. The number of anilines is 2. The molecule has 0 saturated heterocycles. The highest BCUT2D eigenvalue weighted by Crippen LogP contribution is 2.32. The monoisotopic (exact) mass is 439 g/mol. The van der Waals surface area contributed by atoms with Crippen LogP contribution in [0.4, 0.5) is 11.4 Å². The number of hydrogen-bond donors (Lipinski definition) is 1. The molecule has 2 aromatic carbocycles. The van der Waals surface area contributed by atoms with Crippen LogP contribution in [-0.4, -0.2) is 33.2 Å². The molecule has 0 aliphatic heterocycles. The quantitative estimate of drug-likeness (QED) is 0.375. The summed E-state index contributed by atoms with van der Waals surface area (Å²) < 4.78 is 15.1. The molecule has 7 heteroatoms. The van der Waals surface area contributed by atoms with Crippen LogP contribution < -0.4 is 14.8 Å². The normalized spacial score (nSPS) is 11.0. The van der Waals surface area contributed by atoms with Crippen LogP contribution in [0.3, 0.4) is 0 Å². The minimum Gasteiger partial charge on any atom is -0.497 e. The van der Waals surface area contributed by atoms with Crippen molar-refractivity contribution in [1.82, 2.24) is 18.9 Å². The van der Waals surface area contributed by atoms with Crippen LogP contribution in [0.15, 0.2) is 73.3 Å². The van der Waals surface area contributed by atoms with E-state index in [9.17, 15) is 0 Å². The highest BCUT2D eigenvalue weighted by Gasteiger charge is 2.15. The molecular weight excluding hydrogens is 414 g/mol. The van der Waals surface area contributed by atoms with Gasteiger partial charge in [-0.05, 0) is 50.2 Å². The number of nitrogens with one attached hydrogen (secondary N) is 1. The first-order valence-electron chi connectivity index (χ1n) is 10.7. The van der Waals surface area contributed by atoms with Gasteiger partial charge in [-0.3, -0.25) is 0 Å². The molecule has 0 amide bonds. The zero-order valence-corrected chi connectivity index (χ0v) is 19.0. The minimum atomic E-state index is 0.751. The summed E-state index contributed by atoms with van der Waals surface area (Å²) in [5, 5.41) is 3.51. The van der Waals surface area contributed by atoms with Gasteiger partial charge in [-0.1, -0.05) is 12.1 Å². The molecule has 0 unspecified atom stereocenters. The first kappa shape index (κ1) is 20.6. The van der Waals surface area contributed by atoms with Gasteiger partial charge >= 0.3 is 0 Å². The van der Waals surface area contributed by atoms with Gasteiger partial charge in [-0.25, -0.2) is 9.97 Å². The van der Waals surface area contributed by atoms with Crippen LogP contribution in [0.2, 0.25) is 0 Å². The third-order valence-corrected chi connectivity index (χ3v) is 5.68. The number of methoxy groups -OCH3 is 2. The lowest BCUT2D eigenvalue weighted by atomic mass is 10.1. The molecule has 3 heterocycles. The van der Waals surface area contributed by atoms with E-state index in [0.717, 1.165) is 56.9 Å². The molecule has 1 N–H and O–H groups in total. The second kappa shape index (κ2) is 8.35. The van der Waals surface area contributed by atoms with Gasteiger partial charge in [0.15, 0.2) is 5.65 Å². The molecule has 0 aliphatic carbocycles. The Morgan fingerprint density at radius 1 is 0.939 bits per heavy atom. The van der Waals surface area contributed by atoms with E-state index in [1.165, 1.54) is 0 Å². The number of pyridine rings is 1. The number of nitrogens with zero attached hydrogens (tertiary/aromatic N) is 4. The van der Waals surface area contributed by atoms with Crippen molar-refractivity contribution in [1.29, 1.82) is 0 Å². The number of fused-ring (bicyclic) bond motifs is 1. The fourth-order valence-electron chi connectivity index (χ4n) is 4.00. The summed E-state index contributed by atoms with van der Waals surface area (Å²) in [6.45, 7) is 4.04. The summed E-state index contributed by atoms with van der Waals surface area (Å²) in [4.78, 5) is 9.28. The van der Waals surface area contributed by atoms with Gasteiger partial charge < -0.3 is 23.8 Å². The number of rotatable bonds is 6. The Morgan fingerprint density at radius 3 is 2.58 bits per heavy atom. The van der Waals surface area contributed by atoms with Crippen molar-refractivity contribution in [2.45, 2.75) is 13.8 Å². The van der Waals surface area contributed by atoms with E-state index in [0.29, 0.717) is 0 Å². The Kier molecular flexibility index (Phi) is 5.22. The van der Waals surface area contributed by atoms with Gasteiger partial charge in [0.1, 0.15) is 11.5 Å². The Hall–Kier alpha value is -4.26. The number of benzene rings is 2. The van der Waals surface area contributed by atoms with Crippen LogP contribution in [-0.2, 0) is 0 Å². The number of imidazole rings is 2. The van der Waals surface area contributed by atoms with E-state index in [4.69, 9.17) is 14.5 Å². The molecule has 166 valence electrons. The molecule has 0 radical (unpaired) electrons. The molecule has 0 spiro atoms. The topological polar surface area (TPSA) is 65.6 Å². The highest BCUT2D eigenvalue weighted by molar-refractivity contribution is 5.79. The van der Waals surface area contributed by atoms with Crippen molar-refractivity contribution in [2.75, 3.05) is 19.5 Å². The summed E-state index contributed by atoms with van der Waals surface area (Å²) in [6, 6.07) is 18.0. The zero-order valence-electron chi connectivity index (χ0n) is 19.0. The van der Waals surface area contributed by atoms with Crippen LogP contribution in [0.5, 0.6) is 11.5 Å². The zero-order chi connectivity index (χ0) is 22.9. The predicted molar refractivity (Wildman–Crippen MR) is 130 cm³/mol. The number of ether oxygens (including phenoxy) is 2. The van der Waals surface area contributed by atoms with E-state index in [1.807, 2.05) is 78.5 Å². The minimum absolute atomic E-state index is 0.751. The van der Waals surface area contributed by atoms with Crippen molar-refractivity contribution < 1.29 is 9.47 Å². The lowest BCUT2D eigenvalue weighted by Gasteiger charge is -2.13. The Morgan fingerprint density at radius 2 is 1.82 bits per heavy atom. The lowest BCUT2D eigenvalue weighted by Crippen LogP contribution is -1.99. The van der Waals surface area contributed by atoms with Crippen LogP contribution in [0.25, 0.3) is 22.6 Å². The van der Waals surface area contributed by atoms with Crippen LogP contribution in [0.1, 0.15) is 11.4 Å². The third-order valence-electron chi connectivity index (χ3n) is 5.68. The van der Waals surface area contributed by atoms with E-state index >= 15 is 0 Å². The van der Waals surface area contributed by atoms with Gasteiger partial charge in [-0.15, -0.1) is 0 Å². The third kappa shape index (κ3) is 3.78. The van der Waals surface area contributed by atoms with Crippen molar-refractivity contribution in [3.63, 3.8) is 0 Å². The summed E-state index contributed by atoms with van der Waals surface area (Å²) in [6.07, 6.45) is 5.78. The predicted octanol–water partition coefficient (Wildman–Crippen LogP) is 5.56. The lowest BCUT2D eigenvalue weighted by molar-refractivity contribution is 0.413. The molecule has 33 heavy (non-hydrogen) atoms. The Bertz CT molecular complexity index is 1450. The van der Waals surface area contributed by atoms with Crippen molar-refractivity contribution in [2.24, 2.45) is 0 Å². The summed E-state index contributed by atoms with van der Waals surface area (Å²) in [5.74, 6) is 1.56. The molecule has 3 aromatic heterocycles. The summed E-state index contributed by atoms with van der Waals surface area (Å²) >= 11 is 0. The number of aryl methyl sites for hydroxylation is 2. The fraction of sp³-hybridized carbons (Fsp3) is 0.154. The Balaban J connectivity index is 1.53. The van der Waals surface area contributed by atoms with Gasteiger partial charge in [0.2, 0.25) is 0 Å². The molecular formula is C26H25N5O2. The maximum Gasteiger partial charge on any atom is 0.161 e. The average molecular weight is 440 g/mol. The first-order valence-corrected chi connectivity index (χ1v) is 10.7. The van der Waals surface area contributed by atoms with Crippen molar-refractivity contribution >= 4 is 17.0 Å². The van der Waals surface area contributed by atoms with Crippen LogP contribution >= 0.6 is 0 Å². The van der Waals surface area contributed by atoms with E-state index in [2.05, 4.69) is 21.6 Å². The molecule has 0 aliphatic rings. The van der Waals surface area contributed by atoms with Crippen molar-refractivity contribution in [3.8, 4) is 28.4 Å². The largest absolute Gasteiger partial charge is 0.497 e. The summed E-state index contributed by atoms with van der Waals surface area (Å²) in [5.41, 5.74) is 7.54. The molecule has 0 atom stereocenters. The first-order chi connectivity index (χ1) is 16.1. The summed E-state index contributed by atoms with van der Waals surface area (Å²) in [7, 11) is 3.34. The standard InChI is InChI=1S/C26H25N5O2/c1-17-15-30(16-27-17)23-11-10-20(14-24(23)33-4)28-22-9-6-12-31-18(2)25(29-26(22)31)19-7-5-8-21(13-19)32-3/h5-16,28H,1-4H3. The number of hydrogen-bond acceptors (Lipinski definition) is 5. The van der Waals surface area contributed by atoms with Gasteiger partial charge in [0, 0.05) is 35.4 Å². The maximum absolute atomic E-state index is 5.66. The van der Waals surface area contributed by atoms with Gasteiger partial charge in [0.05, 0.1) is 43.3 Å². The number of aromatic nitrogens is 4.